The Labute approximate surface area is 106 Å². The molecule has 0 bridgehead atoms. The van der Waals surface area contributed by atoms with E-state index in [2.05, 4.69) is 0 Å². The molecular weight excluding hydrogens is 236 g/mol. The minimum absolute atomic E-state index is 0.0443. The van der Waals surface area contributed by atoms with Gasteiger partial charge in [0.2, 0.25) is 5.91 Å². The predicted octanol–water partition coefficient (Wildman–Crippen LogP) is -0.216. The fourth-order valence-electron chi connectivity index (χ4n) is 2.47. The topological polar surface area (TPSA) is 70.1 Å². The molecule has 0 aliphatic carbocycles. The molecule has 0 aromatic carbocycles. The van der Waals surface area contributed by atoms with Gasteiger partial charge in [0.15, 0.2) is 0 Å². The molecule has 2 aliphatic rings. The van der Waals surface area contributed by atoms with Crippen LogP contribution in [-0.4, -0.2) is 72.2 Å². The number of amides is 1. The minimum atomic E-state index is -0.916. The van der Waals surface area contributed by atoms with E-state index in [9.17, 15) is 9.59 Å². The van der Waals surface area contributed by atoms with Crippen LogP contribution in [0.3, 0.4) is 0 Å². The Morgan fingerprint density at radius 2 is 1.89 bits per heavy atom. The summed E-state index contributed by atoms with van der Waals surface area (Å²) in [5, 5.41) is 9.09. The summed E-state index contributed by atoms with van der Waals surface area (Å²) in [6.45, 7) is 2.98. The van der Waals surface area contributed by atoms with Crippen molar-refractivity contribution in [3.63, 3.8) is 0 Å². The van der Waals surface area contributed by atoms with Gasteiger partial charge >= 0.3 is 5.97 Å². The van der Waals surface area contributed by atoms with Crippen molar-refractivity contribution in [2.75, 3.05) is 39.4 Å². The van der Waals surface area contributed by atoms with Crippen LogP contribution in [0.25, 0.3) is 0 Å². The van der Waals surface area contributed by atoms with Gasteiger partial charge in [0.1, 0.15) is 6.04 Å². The summed E-state index contributed by atoms with van der Waals surface area (Å²) in [6, 6.07) is -0.688. The molecule has 0 radical (unpaired) electrons. The first-order valence-electron chi connectivity index (χ1n) is 6.51. The van der Waals surface area contributed by atoms with Crippen molar-refractivity contribution in [1.29, 1.82) is 0 Å². The number of carboxylic acids is 1. The third kappa shape index (κ3) is 3.20. The fourth-order valence-corrected chi connectivity index (χ4v) is 2.47. The zero-order valence-corrected chi connectivity index (χ0v) is 10.5. The molecule has 0 saturated carbocycles. The Balaban J connectivity index is 1.89. The number of morpholine rings is 1. The highest BCUT2D eigenvalue weighted by Gasteiger charge is 2.31. The number of carbonyl (C=O) groups is 2. The zero-order valence-electron chi connectivity index (χ0n) is 10.5. The van der Waals surface area contributed by atoms with E-state index in [0.717, 1.165) is 25.9 Å². The average Bonchev–Trinajstić information content (AvgIpc) is 2.40. The Morgan fingerprint density at radius 1 is 1.17 bits per heavy atom. The fraction of sp³-hybridized carbons (Fsp3) is 0.833. The lowest BCUT2D eigenvalue weighted by Crippen LogP contribution is -2.54. The zero-order chi connectivity index (χ0) is 13.0. The van der Waals surface area contributed by atoms with Crippen LogP contribution in [0, 0.1) is 0 Å². The normalized spacial score (nSPS) is 26.0. The predicted molar refractivity (Wildman–Crippen MR) is 64.2 cm³/mol. The molecule has 0 aromatic heterocycles. The first kappa shape index (κ1) is 13.3. The lowest BCUT2D eigenvalue weighted by atomic mass is 10.1. The number of hydrogen-bond acceptors (Lipinski definition) is 4. The van der Waals surface area contributed by atoms with Gasteiger partial charge in [0, 0.05) is 19.6 Å². The lowest BCUT2D eigenvalue weighted by molar-refractivity contribution is -0.151. The van der Waals surface area contributed by atoms with E-state index < -0.39 is 12.0 Å². The summed E-state index contributed by atoms with van der Waals surface area (Å²) in [5.74, 6) is -0.871. The van der Waals surface area contributed by atoms with Gasteiger partial charge in [0.25, 0.3) is 0 Å². The highest BCUT2D eigenvalue weighted by atomic mass is 16.5. The number of aliphatic carboxylic acids is 1. The van der Waals surface area contributed by atoms with E-state index in [1.807, 2.05) is 4.90 Å². The van der Waals surface area contributed by atoms with Crippen LogP contribution in [-0.2, 0) is 14.3 Å². The van der Waals surface area contributed by atoms with Gasteiger partial charge in [-0.3, -0.25) is 14.5 Å². The van der Waals surface area contributed by atoms with E-state index in [0.29, 0.717) is 13.2 Å². The highest BCUT2D eigenvalue weighted by Crippen LogP contribution is 2.12. The molecule has 1 N–H and O–H groups in total. The van der Waals surface area contributed by atoms with Crippen LogP contribution >= 0.6 is 0 Å². The number of carboxylic acid groups (broad SMARTS) is 1. The van der Waals surface area contributed by atoms with Gasteiger partial charge in [0.05, 0.1) is 19.8 Å². The lowest BCUT2D eigenvalue weighted by Gasteiger charge is -2.34. The maximum absolute atomic E-state index is 12.1. The molecule has 102 valence electrons. The van der Waals surface area contributed by atoms with Crippen molar-refractivity contribution >= 4 is 11.9 Å². The molecule has 2 heterocycles. The largest absolute Gasteiger partial charge is 0.480 e. The van der Waals surface area contributed by atoms with E-state index >= 15 is 0 Å². The van der Waals surface area contributed by atoms with Crippen molar-refractivity contribution in [3.05, 3.63) is 0 Å². The summed E-state index contributed by atoms with van der Waals surface area (Å²) >= 11 is 0. The van der Waals surface area contributed by atoms with Gasteiger partial charge in [-0.05, 0) is 19.3 Å². The molecule has 1 amide bonds. The van der Waals surface area contributed by atoms with Gasteiger partial charge in [-0.1, -0.05) is 0 Å². The van der Waals surface area contributed by atoms with Crippen LogP contribution in [0.5, 0.6) is 0 Å². The summed E-state index contributed by atoms with van der Waals surface area (Å²) in [6.07, 6.45) is 3.29. The van der Waals surface area contributed by atoms with E-state index in [1.165, 1.54) is 6.42 Å². The molecule has 6 heteroatoms. The monoisotopic (exact) mass is 256 g/mol. The molecule has 2 saturated heterocycles. The maximum atomic E-state index is 12.1. The average molecular weight is 256 g/mol. The SMILES string of the molecule is O=C(O)C1COCCN1CC(=O)N1CCCCC1. The third-order valence-electron chi connectivity index (χ3n) is 3.57. The van der Waals surface area contributed by atoms with Crippen molar-refractivity contribution in [2.24, 2.45) is 0 Å². The second-order valence-corrected chi connectivity index (χ2v) is 4.84. The minimum Gasteiger partial charge on any atom is -0.480 e. The first-order valence-corrected chi connectivity index (χ1v) is 6.51. The second kappa shape index (κ2) is 6.15. The highest BCUT2D eigenvalue weighted by molar-refractivity contribution is 5.80. The maximum Gasteiger partial charge on any atom is 0.323 e. The van der Waals surface area contributed by atoms with Crippen molar-refractivity contribution in [2.45, 2.75) is 25.3 Å². The number of nitrogens with zero attached hydrogens (tertiary/aromatic N) is 2. The molecular formula is C12H20N2O4. The molecule has 2 rings (SSSR count). The Hall–Kier alpha value is -1.14. The number of hydrogen-bond donors (Lipinski definition) is 1. The summed E-state index contributed by atoms with van der Waals surface area (Å²) in [7, 11) is 0. The van der Waals surface area contributed by atoms with E-state index in [-0.39, 0.29) is 19.1 Å². The molecule has 1 atom stereocenters. The summed E-state index contributed by atoms with van der Waals surface area (Å²) < 4.78 is 5.15. The Bertz CT molecular complexity index is 315. The molecule has 2 fully saturated rings. The number of carbonyl (C=O) groups excluding carboxylic acids is 1. The number of likely N-dealkylation sites (tertiary alicyclic amines) is 1. The van der Waals surface area contributed by atoms with Gasteiger partial charge in [-0.2, -0.15) is 0 Å². The standard InChI is InChI=1S/C12H20N2O4/c15-11(13-4-2-1-3-5-13)8-14-6-7-18-9-10(14)12(16)17/h10H,1-9H2,(H,16,17). The quantitative estimate of drug-likeness (QED) is 0.756. The number of rotatable bonds is 3. The summed E-state index contributed by atoms with van der Waals surface area (Å²) in [4.78, 5) is 26.7. The summed E-state index contributed by atoms with van der Waals surface area (Å²) in [5.41, 5.74) is 0. The molecule has 2 aliphatic heterocycles. The van der Waals surface area contributed by atoms with Crippen LogP contribution in [0.4, 0.5) is 0 Å². The van der Waals surface area contributed by atoms with Crippen molar-refractivity contribution in [3.8, 4) is 0 Å². The van der Waals surface area contributed by atoms with Crippen LogP contribution in [0.15, 0.2) is 0 Å². The number of ether oxygens (including phenoxy) is 1. The van der Waals surface area contributed by atoms with Crippen LogP contribution < -0.4 is 0 Å². The molecule has 1 unspecified atom stereocenters. The van der Waals surface area contributed by atoms with Gasteiger partial charge in [-0.15, -0.1) is 0 Å². The molecule has 6 nitrogen and oxygen atoms in total. The van der Waals surface area contributed by atoms with Crippen molar-refractivity contribution in [1.82, 2.24) is 9.80 Å². The van der Waals surface area contributed by atoms with Crippen LogP contribution in [0.1, 0.15) is 19.3 Å². The van der Waals surface area contributed by atoms with Gasteiger partial charge in [-0.25, -0.2) is 0 Å². The Morgan fingerprint density at radius 3 is 2.56 bits per heavy atom. The van der Waals surface area contributed by atoms with E-state index in [1.54, 1.807) is 4.90 Å². The van der Waals surface area contributed by atoms with Crippen molar-refractivity contribution < 1.29 is 19.4 Å². The molecule has 0 spiro atoms. The third-order valence-corrected chi connectivity index (χ3v) is 3.57. The number of piperidine rings is 1. The Kier molecular flexibility index (Phi) is 4.54. The molecule has 18 heavy (non-hydrogen) atoms. The van der Waals surface area contributed by atoms with E-state index in [4.69, 9.17) is 9.84 Å². The second-order valence-electron chi connectivity index (χ2n) is 4.84. The first-order chi connectivity index (χ1) is 8.68. The molecule has 0 aromatic rings. The van der Waals surface area contributed by atoms with Gasteiger partial charge < -0.3 is 14.7 Å². The van der Waals surface area contributed by atoms with Crippen LogP contribution in [0.2, 0.25) is 0 Å². The smallest absolute Gasteiger partial charge is 0.323 e.